The molecule has 0 saturated carbocycles. The number of hydrogen-bond acceptors (Lipinski definition) is 3. The summed E-state index contributed by atoms with van der Waals surface area (Å²) in [4.78, 5) is 6.72. The molecule has 2 unspecified atom stereocenters. The highest BCUT2D eigenvalue weighted by atomic mass is 16.5. The van der Waals surface area contributed by atoms with E-state index < -0.39 is 0 Å². The van der Waals surface area contributed by atoms with Crippen LogP contribution in [-0.4, -0.2) is 45.8 Å². The van der Waals surface area contributed by atoms with Crippen LogP contribution in [0, 0.1) is 5.92 Å². The molecule has 2 N–H and O–H groups in total. The molecule has 5 nitrogen and oxygen atoms in total. The number of para-hydroxylation sites is 2. The molecule has 0 radical (unpaired) electrons. The molecule has 0 amide bonds. The van der Waals surface area contributed by atoms with Crippen LogP contribution in [0.5, 0.6) is 5.75 Å². The Morgan fingerprint density at radius 2 is 2.22 bits per heavy atom. The van der Waals surface area contributed by atoms with Crippen molar-refractivity contribution in [2.75, 3.05) is 38.7 Å². The second-order valence-corrected chi connectivity index (χ2v) is 6.18. The van der Waals surface area contributed by atoms with Crippen molar-refractivity contribution in [3.05, 3.63) is 24.3 Å². The van der Waals surface area contributed by atoms with Crippen LogP contribution in [0.4, 0.5) is 5.69 Å². The molecule has 23 heavy (non-hydrogen) atoms. The molecule has 1 saturated heterocycles. The van der Waals surface area contributed by atoms with Crippen LogP contribution >= 0.6 is 0 Å². The third-order valence-corrected chi connectivity index (χ3v) is 4.49. The van der Waals surface area contributed by atoms with Gasteiger partial charge < -0.3 is 20.3 Å². The van der Waals surface area contributed by atoms with Crippen molar-refractivity contribution in [1.29, 1.82) is 0 Å². The van der Waals surface area contributed by atoms with Crippen molar-refractivity contribution < 1.29 is 4.74 Å². The van der Waals surface area contributed by atoms with E-state index in [-0.39, 0.29) is 0 Å². The van der Waals surface area contributed by atoms with E-state index in [0.717, 1.165) is 37.8 Å². The van der Waals surface area contributed by atoms with Crippen molar-refractivity contribution >= 4 is 11.6 Å². The predicted molar refractivity (Wildman–Crippen MR) is 97.6 cm³/mol. The second kappa shape index (κ2) is 8.65. The standard InChI is InChI=1S/C18H30N4O/c1-5-14(2)21-18(19-3)20-12-15-10-11-22(13-15)16-8-6-7-9-17(16)23-4/h6-9,14-15H,5,10-13H2,1-4H3,(H2,19,20,21). The molecule has 128 valence electrons. The SMILES string of the molecule is CCC(C)NC(=NC)NCC1CCN(c2ccccc2OC)C1. The molecule has 1 aliphatic heterocycles. The smallest absolute Gasteiger partial charge is 0.191 e. The topological polar surface area (TPSA) is 48.9 Å². The highest BCUT2D eigenvalue weighted by Crippen LogP contribution is 2.31. The van der Waals surface area contributed by atoms with Gasteiger partial charge in [0.05, 0.1) is 12.8 Å². The van der Waals surface area contributed by atoms with E-state index in [1.807, 2.05) is 19.2 Å². The van der Waals surface area contributed by atoms with Crippen molar-refractivity contribution in [1.82, 2.24) is 10.6 Å². The Hall–Kier alpha value is -1.91. The monoisotopic (exact) mass is 318 g/mol. The van der Waals surface area contributed by atoms with Gasteiger partial charge in [0, 0.05) is 32.7 Å². The summed E-state index contributed by atoms with van der Waals surface area (Å²) in [6, 6.07) is 8.69. The highest BCUT2D eigenvalue weighted by Gasteiger charge is 2.24. The van der Waals surface area contributed by atoms with Crippen LogP contribution in [0.2, 0.25) is 0 Å². The molecule has 0 aromatic heterocycles. The molecule has 1 heterocycles. The molecule has 2 rings (SSSR count). The number of nitrogens with zero attached hydrogens (tertiary/aromatic N) is 2. The molecular weight excluding hydrogens is 288 g/mol. The maximum atomic E-state index is 5.48. The average molecular weight is 318 g/mol. The Kier molecular flexibility index (Phi) is 6.56. The first-order chi connectivity index (χ1) is 11.2. The van der Waals surface area contributed by atoms with Gasteiger partial charge in [0.25, 0.3) is 0 Å². The summed E-state index contributed by atoms with van der Waals surface area (Å²) in [6.07, 6.45) is 2.27. The van der Waals surface area contributed by atoms with E-state index >= 15 is 0 Å². The van der Waals surface area contributed by atoms with Crippen LogP contribution in [0.3, 0.4) is 0 Å². The molecular formula is C18H30N4O. The maximum Gasteiger partial charge on any atom is 0.191 e. The van der Waals surface area contributed by atoms with E-state index in [9.17, 15) is 0 Å². The quantitative estimate of drug-likeness (QED) is 0.625. The summed E-state index contributed by atoms with van der Waals surface area (Å²) in [5.74, 6) is 2.47. The molecule has 5 heteroatoms. The average Bonchev–Trinajstić information content (AvgIpc) is 3.07. The van der Waals surface area contributed by atoms with Gasteiger partial charge in [0.1, 0.15) is 5.75 Å². The zero-order valence-corrected chi connectivity index (χ0v) is 14.8. The maximum absolute atomic E-state index is 5.48. The van der Waals surface area contributed by atoms with Crippen LogP contribution < -0.4 is 20.3 Å². The van der Waals surface area contributed by atoms with Crippen LogP contribution in [0.15, 0.2) is 29.3 Å². The molecule has 1 fully saturated rings. The van der Waals surface area contributed by atoms with E-state index in [1.54, 1.807) is 7.11 Å². The van der Waals surface area contributed by atoms with Gasteiger partial charge in [-0.25, -0.2) is 0 Å². The normalized spacial score (nSPS) is 19.6. The second-order valence-electron chi connectivity index (χ2n) is 6.18. The number of anilines is 1. The lowest BCUT2D eigenvalue weighted by Crippen LogP contribution is -2.43. The molecule has 0 aliphatic carbocycles. The first-order valence-corrected chi connectivity index (χ1v) is 8.53. The molecule has 1 aromatic carbocycles. The lowest BCUT2D eigenvalue weighted by molar-refractivity contribution is 0.414. The number of hydrogen-bond donors (Lipinski definition) is 2. The summed E-state index contributed by atoms with van der Waals surface area (Å²) in [7, 11) is 3.56. The van der Waals surface area contributed by atoms with E-state index in [1.165, 1.54) is 12.1 Å². The summed E-state index contributed by atoms with van der Waals surface area (Å²) in [6.45, 7) is 7.42. The Labute approximate surface area is 140 Å². The van der Waals surface area contributed by atoms with Crippen LogP contribution in [0.1, 0.15) is 26.7 Å². The number of guanidine groups is 1. The fourth-order valence-corrected chi connectivity index (χ4v) is 2.88. The number of methoxy groups -OCH3 is 1. The minimum Gasteiger partial charge on any atom is -0.495 e. The zero-order chi connectivity index (χ0) is 16.7. The fraction of sp³-hybridized carbons (Fsp3) is 0.611. The first-order valence-electron chi connectivity index (χ1n) is 8.53. The van der Waals surface area contributed by atoms with E-state index in [0.29, 0.717) is 12.0 Å². The van der Waals surface area contributed by atoms with Crippen molar-refractivity contribution in [3.63, 3.8) is 0 Å². The van der Waals surface area contributed by atoms with Crippen molar-refractivity contribution in [2.24, 2.45) is 10.9 Å². The van der Waals surface area contributed by atoms with Crippen molar-refractivity contribution in [3.8, 4) is 5.75 Å². The minimum atomic E-state index is 0.440. The third-order valence-electron chi connectivity index (χ3n) is 4.49. The third kappa shape index (κ3) is 4.78. The highest BCUT2D eigenvalue weighted by molar-refractivity contribution is 5.79. The van der Waals surface area contributed by atoms with Crippen molar-refractivity contribution in [2.45, 2.75) is 32.7 Å². The number of aliphatic imine (C=N–C) groups is 1. The lowest BCUT2D eigenvalue weighted by atomic mass is 10.1. The summed E-state index contributed by atoms with van der Waals surface area (Å²) < 4.78 is 5.48. The van der Waals surface area contributed by atoms with Gasteiger partial charge >= 0.3 is 0 Å². The Morgan fingerprint density at radius 1 is 1.43 bits per heavy atom. The Balaban J connectivity index is 1.86. The Morgan fingerprint density at radius 3 is 2.91 bits per heavy atom. The first kappa shape index (κ1) is 17.4. The molecule has 1 aromatic rings. The molecule has 0 spiro atoms. The summed E-state index contributed by atoms with van der Waals surface area (Å²) in [5, 5.41) is 6.86. The Bertz CT molecular complexity index is 517. The van der Waals surface area contributed by atoms with Crippen LogP contribution in [0.25, 0.3) is 0 Å². The lowest BCUT2D eigenvalue weighted by Gasteiger charge is -2.22. The fourth-order valence-electron chi connectivity index (χ4n) is 2.88. The van der Waals surface area contributed by atoms with Gasteiger partial charge in [-0.1, -0.05) is 19.1 Å². The van der Waals surface area contributed by atoms with Crippen LogP contribution in [-0.2, 0) is 0 Å². The summed E-state index contributed by atoms with van der Waals surface area (Å²) in [5.41, 5.74) is 1.19. The van der Waals surface area contributed by atoms with E-state index in [4.69, 9.17) is 4.74 Å². The zero-order valence-electron chi connectivity index (χ0n) is 14.8. The number of benzene rings is 1. The summed E-state index contributed by atoms with van der Waals surface area (Å²) >= 11 is 0. The van der Waals surface area contributed by atoms with Gasteiger partial charge in [-0.05, 0) is 37.8 Å². The number of rotatable bonds is 6. The number of nitrogens with one attached hydrogen (secondary N) is 2. The number of ether oxygens (including phenoxy) is 1. The van der Waals surface area contributed by atoms with E-state index in [2.05, 4.69) is 46.5 Å². The van der Waals surface area contributed by atoms with Gasteiger partial charge in [-0.15, -0.1) is 0 Å². The van der Waals surface area contributed by atoms with Gasteiger partial charge in [0.2, 0.25) is 0 Å². The minimum absolute atomic E-state index is 0.440. The predicted octanol–water partition coefficient (Wildman–Crippen LogP) is 2.49. The largest absolute Gasteiger partial charge is 0.495 e. The molecule has 0 bridgehead atoms. The molecule has 1 aliphatic rings. The molecule has 2 atom stereocenters. The van der Waals surface area contributed by atoms with Gasteiger partial charge in [-0.3, -0.25) is 4.99 Å². The van der Waals surface area contributed by atoms with Gasteiger partial charge in [0.15, 0.2) is 5.96 Å². The van der Waals surface area contributed by atoms with Gasteiger partial charge in [-0.2, -0.15) is 0 Å².